The van der Waals surface area contributed by atoms with Gasteiger partial charge in [0.25, 0.3) is 11.0 Å². The first-order valence-electron chi connectivity index (χ1n) is 16.1. The van der Waals surface area contributed by atoms with Crippen LogP contribution in [-0.4, -0.2) is 47.5 Å². The molecule has 1 aromatic heterocycles. The lowest BCUT2D eigenvalue weighted by atomic mass is 9.94. The first-order chi connectivity index (χ1) is 24.5. The summed E-state index contributed by atoms with van der Waals surface area (Å²) in [5.41, 5.74) is 2.44. The molecule has 8 rings (SSSR count). The summed E-state index contributed by atoms with van der Waals surface area (Å²) in [6.45, 7) is 2.55. The van der Waals surface area contributed by atoms with E-state index in [9.17, 15) is 8.42 Å². The highest BCUT2D eigenvalue weighted by Gasteiger charge is 2.52. The third kappa shape index (κ3) is 5.41. The molecule has 0 aliphatic carbocycles. The van der Waals surface area contributed by atoms with E-state index in [1.165, 1.54) is 4.42 Å². The molecule has 1 unspecified atom stereocenters. The van der Waals surface area contributed by atoms with Gasteiger partial charge in [-0.05, 0) is 66.6 Å². The molecule has 4 heterocycles. The number of aryl methyl sites for hydroxylation is 1. The highest BCUT2D eigenvalue weighted by atomic mass is 35.5. The van der Waals surface area contributed by atoms with Crippen molar-refractivity contribution in [3.63, 3.8) is 0 Å². The van der Waals surface area contributed by atoms with Gasteiger partial charge in [0.05, 0.1) is 34.9 Å². The number of amidine groups is 1. The van der Waals surface area contributed by atoms with Crippen LogP contribution in [0.15, 0.2) is 121 Å². The fraction of sp³-hybridized carbons (Fsp3) is 0.162. The number of para-hydroxylation sites is 6. The summed E-state index contributed by atoms with van der Waals surface area (Å²) in [7, 11) is -3.49. The average molecular weight is 707 g/mol. The number of hydrogen-bond acceptors (Lipinski definition) is 11. The first kappa shape index (κ1) is 31.8. The molecule has 50 heavy (non-hydrogen) atoms. The number of thiol groups is 1. The van der Waals surface area contributed by atoms with Crippen LogP contribution >= 0.6 is 11.8 Å². The molecule has 0 spiro atoms. The van der Waals surface area contributed by atoms with E-state index in [0.717, 1.165) is 16.9 Å². The van der Waals surface area contributed by atoms with E-state index in [1.54, 1.807) is 30.7 Å². The molecule has 13 heteroatoms. The normalized spacial score (nSPS) is 15.6. The van der Waals surface area contributed by atoms with Crippen molar-refractivity contribution >= 4 is 51.3 Å². The van der Waals surface area contributed by atoms with Crippen LogP contribution in [0.25, 0.3) is 11.4 Å². The van der Waals surface area contributed by atoms with Crippen LogP contribution in [0.1, 0.15) is 18.9 Å². The second-order valence-electron chi connectivity index (χ2n) is 11.7. The number of aliphatic imine (C=N–C) groups is 1. The zero-order chi connectivity index (χ0) is 34.2. The number of aromatic nitrogens is 2. The van der Waals surface area contributed by atoms with Crippen molar-refractivity contribution in [1.29, 1.82) is 0 Å². The van der Waals surface area contributed by atoms with E-state index in [0.29, 0.717) is 52.2 Å². The van der Waals surface area contributed by atoms with Crippen molar-refractivity contribution in [2.45, 2.75) is 25.5 Å². The van der Waals surface area contributed by atoms with Gasteiger partial charge < -0.3 is 14.4 Å². The summed E-state index contributed by atoms with van der Waals surface area (Å²) in [6.07, 6.45) is 7.42. The standard InChI is InChI=1S/C37H31ClN6O5S/c1-2-25-17-18-32-34(33(25)35-39-20-9-21-40-35)44(28-13-5-8-16-31(28)48-32)37(49-50(45)46,36-41-22-10-23-43(36)38)19-24-42-26-11-3-6-14-29(26)47-30-15-7-4-12-27(30)42/h3-18,20-22,50H,2,19,23-24H2,1H3. The molecule has 4 aromatic carbocycles. The summed E-state index contributed by atoms with van der Waals surface area (Å²) in [6, 6.07) is 28.4. The molecule has 0 bridgehead atoms. The van der Waals surface area contributed by atoms with Gasteiger partial charge in [-0.1, -0.05) is 49.4 Å². The molecule has 0 fully saturated rings. The minimum atomic E-state index is -3.49. The van der Waals surface area contributed by atoms with Crippen LogP contribution < -0.4 is 19.3 Å². The molecule has 3 aliphatic heterocycles. The Hall–Kier alpha value is -5.43. The van der Waals surface area contributed by atoms with Crippen LogP contribution in [0.4, 0.5) is 22.7 Å². The Kier molecular flexibility index (Phi) is 8.35. The second kappa shape index (κ2) is 13.1. The zero-order valence-corrected chi connectivity index (χ0v) is 28.5. The van der Waals surface area contributed by atoms with Gasteiger partial charge in [0.15, 0.2) is 34.7 Å². The minimum Gasteiger partial charge on any atom is -0.453 e. The molecule has 0 saturated heterocycles. The molecule has 5 aromatic rings. The van der Waals surface area contributed by atoms with Crippen LogP contribution in [0.2, 0.25) is 0 Å². The molecule has 0 saturated carbocycles. The van der Waals surface area contributed by atoms with E-state index < -0.39 is 16.7 Å². The lowest BCUT2D eigenvalue weighted by molar-refractivity contribution is 0.143. The highest BCUT2D eigenvalue weighted by molar-refractivity contribution is 7.67. The number of hydrogen-bond donors (Lipinski definition) is 1. The van der Waals surface area contributed by atoms with Gasteiger partial charge in [-0.25, -0.2) is 27.6 Å². The molecule has 0 amide bonds. The Morgan fingerprint density at radius 2 is 1.44 bits per heavy atom. The molecule has 0 N–H and O–H groups in total. The predicted molar refractivity (Wildman–Crippen MR) is 193 cm³/mol. The molecule has 11 nitrogen and oxygen atoms in total. The van der Waals surface area contributed by atoms with Crippen molar-refractivity contribution < 1.29 is 22.1 Å². The van der Waals surface area contributed by atoms with Crippen LogP contribution in [0, 0.1) is 0 Å². The van der Waals surface area contributed by atoms with Gasteiger partial charge in [0.1, 0.15) is 0 Å². The molecular formula is C37H31ClN6O5S. The van der Waals surface area contributed by atoms with Gasteiger partial charge in [0.2, 0.25) is 5.72 Å². The summed E-state index contributed by atoms with van der Waals surface area (Å²) in [4.78, 5) is 18.0. The first-order valence-corrected chi connectivity index (χ1v) is 17.6. The molecule has 0 radical (unpaired) electrons. The maximum atomic E-state index is 13.1. The monoisotopic (exact) mass is 706 g/mol. The highest BCUT2D eigenvalue weighted by Crippen LogP contribution is 2.56. The third-order valence-corrected chi connectivity index (χ3v) is 9.64. The lowest BCUT2D eigenvalue weighted by Gasteiger charge is -2.48. The summed E-state index contributed by atoms with van der Waals surface area (Å²) < 4.78 is 46.7. The van der Waals surface area contributed by atoms with Crippen LogP contribution in [0.3, 0.4) is 0 Å². The number of rotatable bonds is 9. The van der Waals surface area contributed by atoms with Gasteiger partial charge in [-0.15, -0.1) is 0 Å². The fourth-order valence-electron chi connectivity index (χ4n) is 6.79. The Labute approximate surface area is 295 Å². The average Bonchev–Trinajstić information content (AvgIpc) is 3.15. The number of halogens is 1. The second-order valence-corrected chi connectivity index (χ2v) is 12.7. The molecule has 252 valence electrons. The van der Waals surface area contributed by atoms with Gasteiger partial charge in [-0.2, -0.15) is 0 Å². The molecule has 1 atom stereocenters. The zero-order valence-electron chi connectivity index (χ0n) is 26.8. The smallest absolute Gasteiger partial charge is 0.259 e. The van der Waals surface area contributed by atoms with E-state index in [-0.39, 0.29) is 25.3 Å². The van der Waals surface area contributed by atoms with Gasteiger partial charge in [0, 0.05) is 43.3 Å². The third-order valence-electron chi connectivity index (χ3n) is 8.89. The Morgan fingerprint density at radius 3 is 2.08 bits per heavy atom. The topological polar surface area (TPSA) is 110 Å². The summed E-state index contributed by atoms with van der Waals surface area (Å²) in [5, 5.41) is 0. The quantitative estimate of drug-likeness (QED) is 0.120. The van der Waals surface area contributed by atoms with Crippen LogP contribution in [-0.2, 0) is 21.6 Å². The van der Waals surface area contributed by atoms with Crippen molar-refractivity contribution in [1.82, 2.24) is 14.4 Å². The SMILES string of the molecule is CCc1ccc2c(c1-c1ncccn1)N(C(CCN1c3ccccc3Oc3ccccc31)(O[SH](=O)=O)C1=NC=CCN1Cl)c1ccccc1O2. The van der Waals surface area contributed by atoms with E-state index in [2.05, 4.69) is 14.9 Å². The van der Waals surface area contributed by atoms with Crippen molar-refractivity contribution in [2.75, 3.05) is 22.9 Å². The number of anilines is 4. The largest absolute Gasteiger partial charge is 0.453 e. The molecule has 3 aliphatic rings. The van der Waals surface area contributed by atoms with Crippen molar-refractivity contribution in [3.05, 3.63) is 121 Å². The predicted octanol–water partition coefficient (Wildman–Crippen LogP) is 7.90. The Bertz CT molecular complexity index is 2180. The molecular weight excluding hydrogens is 676 g/mol. The number of nitrogens with zero attached hydrogens (tertiary/aromatic N) is 6. The maximum absolute atomic E-state index is 13.1. The van der Waals surface area contributed by atoms with Crippen LogP contribution in [0.5, 0.6) is 23.0 Å². The Balaban J connectivity index is 1.40. The van der Waals surface area contributed by atoms with Crippen molar-refractivity contribution in [2.24, 2.45) is 4.99 Å². The van der Waals surface area contributed by atoms with E-state index >= 15 is 0 Å². The number of ether oxygens (including phenoxy) is 2. The number of fused-ring (bicyclic) bond motifs is 4. The van der Waals surface area contributed by atoms with Gasteiger partial charge >= 0.3 is 0 Å². The fourth-order valence-corrected chi connectivity index (χ4v) is 7.55. The summed E-state index contributed by atoms with van der Waals surface area (Å²) in [5.74, 6) is 2.92. The van der Waals surface area contributed by atoms with Crippen molar-refractivity contribution in [3.8, 4) is 34.4 Å². The van der Waals surface area contributed by atoms with Gasteiger partial charge in [-0.3, -0.25) is 9.32 Å². The number of benzene rings is 4. The summed E-state index contributed by atoms with van der Waals surface area (Å²) >= 11 is 6.98. The van der Waals surface area contributed by atoms with E-state index in [1.807, 2.05) is 96.8 Å². The van der Waals surface area contributed by atoms with E-state index in [4.69, 9.17) is 30.4 Å². The lowest BCUT2D eigenvalue weighted by Crippen LogP contribution is -2.60. The maximum Gasteiger partial charge on any atom is 0.259 e. The minimum absolute atomic E-state index is 0.0497. The Morgan fingerprint density at radius 1 is 0.820 bits per heavy atom.